The Labute approximate surface area is 182 Å². The molecule has 2 N–H and O–H groups in total. The van der Waals surface area contributed by atoms with Crippen molar-refractivity contribution in [2.75, 3.05) is 18.5 Å². The normalized spacial score (nSPS) is 13.5. The summed E-state index contributed by atoms with van der Waals surface area (Å²) in [5.74, 6) is -0.838. The number of nitrogens with one attached hydrogen (secondary N) is 2. The van der Waals surface area contributed by atoms with Crippen LogP contribution in [0.3, 0.4) is 0 Å². The molecule has 0 spiro atoms. The Kier molecular flexibility index (Phi) is 7.65. The van der Waals surface area contributed by atoms with Crippen molar-refractivity contribution in [1.29, 1.82) is 0 Å². The van der Waals surface area contributed by atoms with Crippen molar-refractivity contribution in [2.24, 2.45) is 0 Å². The lowest BCUT2D eigenvalue weighted by Gasteiger charge is -2.15. The number of carbonyl (C=O) groups excluding carboxylic acids is 3. The number of aryl methyl sites for hydroxylation is 2. The summed E-state index contributed by atoms with van der Waals surface area (Å²) in [5.41, 5.74) is 2.95. The molecule has 2 aromatic carbocycles. The summed E-state index contributed by atoms with van der Waals surface area (Å²) in [5, 5.41) is 5.65. The molecule has 1 aliphatic carbocycles. The molecule has 0 saturated heterocycles. The van der Waals surface area contributed by atoms with Gasteiger partial charge >= 0.3 is 5.97 Å². The first-order valence-corrected chi connectivity index (χ1v) is 10.5. The molecule has 1 saturated carbocycles. The van der Waals surface area contributed by atoms with E-state index in [0.717, 1.165) is 36.8 Å². The van der Waals surface area contributed by atoms with Crippen molar-refractivity contribution < 1.29 is 23.9 Å². The number of esters is 1. The standard InChI is InChI=1S/C24H28N2O5/c1-16-11-12-19(13-17(16)2)30-15-23(28)31-14-22(27)26-21-10-6-5-9-20(21)24(29)25-18-7-3-4-8-18/h5-6,9-13,18H,3-4,7-8,14-15H2,1-2H3,(H,25,29)(H,26,27). The fraction of sp³-hybridized carbons (Fsp3) is 0.375. The minimum atomic E-state index is -0.652. The second-order valence-electron chi connectivity index (χ2n) is 7.74. The van der Waals surface area contributed by atoms with E-state index in [9.17, 15) is 14.4 Å². The molecule has 0 radical (unpaired) electrons. The molecule has 7 heteroatoms. The number of anilines is 1. The number of hydrogen-bond donors (Lipinski definition) is 2. The summed E-state index contributed by atoms with van der Waals surface area (Å²) < 4.78 is 10.4. The van der Waals surface area contributed by atoms with Crippen molar-refractivity contribution in [3.8, 4) is 5.75 Å². The van der Waals surface area contributed by atoms with Crippen LogP contribution in [0.5, 0.6) is 5.75 Å². The second kappa shape index (κ2) is 10.6. The predicted molar refractivity (Wildman–Crippen MR) is 117 cm³/mol. The molecule has 0 unspecified atom stereocenters. The fourth-order valence-electron chi connectivity index (χ4n) is 3.44. The lowest BCUT2D eigenvalue weighted by Crippen LogP contribution is -2.33. The van der Waals surface area contributed by atoms with Gasteiger partial charge < -0.3 is 20.1 Å². The predicted octanol–water partition coefficient (Wildman–Crippen LogP) is 3.54. The molecule has 7 nitrogen and oxygen atoms in total. The van der Waals surface area contributed by atoms with Gasteiger partial charge in [-0.1, -0.05) is 31.0 Å². The number of hydrogen-bond acceptors (Lipinski definition) is 5. The highest BCUT2D eigenvalue weighted by Gasteiger charge is 2.20. The third-order valence-electron chi connectivity index (χ3n) is 5.34. The van der Waals surface area contributed by atoms with Crippen LogP contribution >= 0.6 is 0 Å². The maximum atomic E-state index is 12.6. The van der Waals surface area contributed by atoms with Crippen molar-refractivity contribution in [2.45, 2.75) is 45.6 Å². The zero-order chi connectivity index (χ0) is 22.2. The summed E-state index contributed by atoms with van der Waals surface area (Å²) in [6.07, 6.45) is 4.17. The van der Waals surface area contributed by atoms with Gasteiger partial charge in [0.1, 0.15) is 5.75 Å². The maximum Gasteiger partial charge on any atom is 0.344 e. The Balaban J connectivity index is 1.47. The summed E-state index contributed by atoms with van der Waals surface area (Å²) in [6.45, 7) is 3.18. The van der Waals surface area contributed by atoms with Crippen LogP contribution in [-0.2, 0) is 14.3 Å². The van der Waals surface area contributed by atoms with E-state index >= 15 is 0 Å². The summed E-state index contributed by atoms with van der Waals surface area (Å²) in [7, 11) is 0. The molecule has 164 valence electrons. The first-order chi connectivity index (χ1) is 14.9. The van der Waals surface area contributed by atoms with Crippen molar-refractivity contribution >= 4 is 23.5 Å². The molecule has 2 amide bonds. The molecular formula is C24H28N2O5. The van der Waals surface area contributed by atoms with Gasteiger partial charge in [0, 0.05) is 6.04 Å². The van der Waals surface area contributed by atoms with E-state index in [4.69, 9.17) is 9.47 Å². The first kappa shape index (κ1) is 22.3. The number of ether oxygens (including phenoxy) is 2. The Morgan fingerprint density at radius 3 is 2.45 bits per heavy atom. The summed E-state index contributed by atoms with van der Waals surface area (Å²) in [4.78, 5) is 36.7. The van der Waals surface area contributed by atoms with Gasteiger partial charge in [0.15, 0.2) is 13.2 Å². The SMILES string of the molecule is Cc1ccc(OCC(=O)OCC(=O)Nc2ccccc2C(=O)NC2CCCC2)cc1C. The van der Waals surface area contributed by atoms with Gasteiger partial charge in [0.2, 0.25) is 0 Å². The summed E-state index contributed by atoms with van der Waals surface area (Å²) in [6, 6.07) is 12.5. The molecule has 0 aromatic heterocycles. The van der Waals surface area contributed by atoms with Crippen molar-refractivity contribution in [3.05, 3.63) is 59.2 Å². The van der Waals surface area contributed by atoms with Gasteiger partial charge in [-0.2, -0.15) is 0 Å². The molecule has 1 fully saturated rings. The Morgan fingerprint density at radius 2 is 1.71 bits per heavy atom. The topological polar surface area (TPSA) is 93.7 Å². The van der Waals surface area contributed by atoms with Crippen LogP contribution in [0.2, 0.25) is 0 Å². The maximum absolute atomic E-state index is 12.6. The molecule has 0 bridgehead atoms. The van der Waals surface area contributed by atoms with Gasteiger partial charge in [-0.15, -0.1) is 0 Å². The van der Waals surface area contributed by atoms with Crippen molar-refractivity contribution in [1.82, 2.24) is 5.32 Å². The van der Waals surface area contributed by atoms with Gasteiger partial charge in [-0.05, 0) is 62.1 Å². The van der Waals surface area contributed by atoms with Crippen LogP contribution in [0.4, 0.5) is 5.69 Å². The third-order valence-corrected chi connectivity index (χ3v) is 5.34. The van der Waals surface area contributed by atoms with Crippen LogP contribution < -0.4 is 15.4 Å². The average Bonchev–Trinajstić information content (AvgIpc) is 3.26. The van der Waals surface area contributed by atoms with Crippen LogP contribution in [0.1, 0.15) is 47.2 Å². The van der Waals surface area contributed by atoms with Gasteiger partial charge in [0.05, 0.1) is 11.3 Å². The molecule has 0 heterocycles. The minimum Gasteiger partial charge on any atom is -0.482 e. The zero-order valence-electron chi connectivity index (χ0n) is 17.9. The quantitative estimate of drug-likeness (QED) is 0.632. The fourth-order valence-corrected chi connectivity index (χ4v) is 3.44. The zero-order valence-corrected chi connectivity index (χ0v) is 17.9. The first-order valence-electron chi connectivity index (χ1n) is 10.5. The number of benzene rings is 2. The Hall–Kier alpha value is -3.35. The molecule has 3 rings (SSSR count). The highest BCUT2D eigenvalue weighted by atomic mass is 16.6. The van der Waals surface area contributed by atoms with E-state index in [1.165, 1.54) is 0 Å². The van der Waals surface area contributed by atoms with Crippen LogP contribution in [0.25, 0.3) is 0 Å². The summed E-state index contributed by atoms with van der Waals surface area (Å²) >= 11 is 0. The monoisotopic (exact) mass is 424 g/mol. The van der Waals surface area contributed by atoms with E-state index in [-0.39, 0.29) is 18.6 Å². The molecule has 1 aliphatic rings. The average molecular weight is 424 g/mol. The molecule has 0 aliphatic heterocycles. The molecule has 31 heavy (non-hydrogen) atoms. The van der Waals surface area contributed by atoms with Crippen LogP contribution in [-0.4, -0.2) is 37.0 Å². The van der Waals surface area contributed by atoms with Gasteiger partial charge in [-0.3, -0.25) is 9.59 Å². The van der Waals surface area contributed by atoms with Crippen LogP contribution in [0.15, 0.2) is 42.5 Å². The minimum absolute atomic E-state index is 0.175. The van der Waals surface area contributed by atoms with E-state index in [1.807, 2.05) is 26.0 Å². The molecule has 2 aromatic rings. The van der Waals surface area contributed by atoms with E-state index in [2.05, 4.69) is 10.6 Å². The van der Waals surface area contributed by atoms with Crippen molar-refractivity contribution in [3.63, 3.8) is 0 Å². The largest absolute Gasteiger partial charge is 0.482 e. The highest BCUT2D eigenvalue weighted by molar-refractivity contribution is 6.04. The second-order valence-corrected chi connectivity index (χ2v) is 7.74. The van der Waals surface area contributed by atoms with E-state index < -0.39 is 18.5 Å². The van der Waals surface area contributed by atoms with Gasteiger partial charge in [0.25, 0.3) is 11.8 Å². The van der Waals surface area contributed by atoms with Crippen LogP contribution in [0, 0.1) is 13.8 Å². The molecular weight excluding hydrogens is 396 g/mol. The highest BCUT2D eigenvalue weighted by Crippen LogP contribution is 2.20. The van der Waals surface area contributed by atoms with E-state index in [1.54, 1.807) is 30.3 Å². The Bertz CT molecular complexity index is 951. The lowest BCUT2D eigenvalue weighted by atomic mass is 10.1. The number of carbonyl (C=O) groups is 3. The third kappa shape index (κ3) is 6.57. The van der Waals surface area contributed by atoms with Gasteiger partial charge in [-0.25, -0.2) is 4.79 Å². The lowest BCUT2D eigenvalue weighted by molar-refractivity contribution is -0.149. The smallest absolute Gasteiger partial charge is 0.344 e. The number of para-hydroxylation sites is 1. The Morgan fingerprint density at radius 1 is 0.968 bits per heavy atom. The molecule has 0 atom stereocenters. The van der Waals surface area contributed by atoms with E-state index in [0.29, 0.717) is 17.0 Å². The number of amides is 2. The number of rotatable bonds is 8.